The van der Waals surface area contributed by atoms with Crippen LogP contribution in [0, 0.1) is 0 Å². The number of hydrogen-bond acceptors (Lipinski definition) is 2. The maximum absolute atomic E-state index is 11.5. The quantitative estimate of drug-likeness (QED) is 0.362. The summed E-state index contributed by atoms with van der Waals surface area (Å²) in [6, 6.07) is 7.80. The Bertz CT molecular complexity index is 452. The standard InChI is InChI=1S/C16H26N4O.HI/c1-4-7-15(21)20-14-10-8-13(9-11-14)12-19-16(17-5-2)18-6-3;/h8-11H,4-7,12H2,1-3H3,(H,20,21)(H2,17,18,19);1H. The van der Waals surface area contributed by atoms with Gasteiger partial charge in [0.05, 0.1) is 6.54 Å². The fourth-order valence-corrected chi connectivity index (χ4v) is 1.82. The smallest absolute Gasteiger partial charge is 0.224 e. The van der Waals surface area contributed by atoms with Crippen molar-refractivity contribution in [2.24, 2.45) is 4.99 Å². The van der Waals surface area contributed by atoms with Gasteiger partial charge in [0.15, 0.2) is 5.96 Å². The van der Waals surface area contributed by atoms with E-state index in [0.717, 1.165) is 36.7 Å². The average molecular weight is 418 g/mol. The average Bonchev–Trinajstić information content (AvgIpc) is 2.47. The van der Waals surface area contributed by atoms with Gasteiger partial charge in [-0.2, -0.15) is 0 Å². The van der Waals surface area contributed by atoms with E-state index in [1.54, 1.807) is 0 Å². The number of rotatable bonds is 7. The monoisotopic (exact) mass is 418 g/mol. The summed E-state index contributed by atoms with van der Waals surface area (Å²) in [7, 11) is 0. The number of halogens is 1. The van der Waals surface area contributed by atoms with Crippen molar-refractivity contribution in [2.75, 3.05) is 18.4 Å². The van der Waals surface area contributed by atoms with Gasteiger partial charge < -0.3 is 16.0 Å². The number of anilines is 1. The topological polar surface area (TPSA) is 65.5 Å². The Hall–Kier alpha value is -1.31. The molecule has 5 nitrogen and oxygen atoms in total. The summed E-state index contributed by atoms with van der Waals surface area (Å²) >= 11 is 0. The van der Waals surface area contributed by atoms with Crippen molar-refractivity contribution in [2.45, 2.75) is 40.2 Å². The van der Waals surface area contributed by atoms with Crippen molar-refractivity contribution in [1.29, 1.82) is 0 Å². The number of carbonyl (C=O) groups excluding carboxylic acids is 1. The molecule has 1 rings (SSSR count). The van der Waals surface area contributed by atoms with Gasteiger partial charge in [-0.25, -0.2) is 4.99 Å². The third-order valence-electron chi connectivity index (χ3n) is 2.82. The van der Waals surface area contributed by atoms with Crippen LogP contribution in [0.25, 0.3) is 0 Å². The molecule has 1 aromatic rings. The fourth-order valence-electron chi connectivity index (χ4n) is 1.82. The molecule has 6 heteroatoms. The molecule has 22 heavy (non-hydrogen) atoms. The van der Waals surface area contributed by atoms with E-state index in [4.69, 9.17) is 0 Å². The van der Waals surface area contributed by atoms with Crippen LogP contribution in [0.4, 0.5) is 5.69 Å². The first-order chi connectivity index (χ1) is 10.2. The van der Waals surface area contributed by atoms with E-state index in [-0.39, 0.29) is 29.9 Å². The van der Waals surface area contributed by atoms with E-state index < -0.39 is 0 Å². The Morgan fingerprint density at radius 1 is 1.05 bits per heavy atom. The largest absolute Gasteiger partial charge is 0.357 e. The van der Waals surface area contributed by atoms with Crippen LogP contribution >= 0.6 is 24.0 Å². The minimum atomic E-state index is 0. The normalized spacial score (nSPS) is 9.41. The number of nitrogens with one attached hydrogen (secondary N) is 3. The molecule has 0 radical (unpaired) electrons. The van der Waals surface area contributed by atoms with Crippen LogP contribution in [-0.4, -0.2) is 25.0 Å². The molecule has 0 aliphatic heterocycles. The first kappa shape index (κ1) is 20.7. The van der Waals surface area contributed by atoms with Crippen molar-refractivity contribution in [1.82, 2.24) is 10.6 Å². The number of amides is 1. The van der Waals surface area contributed by atoms with Gasteiger partial charge in [0.2, 0.25) is 5.91 Å². The van der Waals surface area contributed by atoms with Gasteiger partial charge in [-0.1, -0.05) is 19.1 Å². The number of hydrogen-bond donors (Lipinski definition) is 3. The molecular formula is C16H27IN4O. The number of nitrogens with zero attached hydrogens (tertiary/aromatic N) is 1. The van der Waals surface area contributed by atoms with Crippen molar-refractivity contribution in [3.05, 3.63) is 29.8 Å². The number of guanidine groups is 1. The fraction of sp³-hybridized carbons (Fsp3) is 0.500. The van der Waals surface area contributed by atoms with Gasteiger partial charge in [0.1, 0.15) is 0 Å². The van der Waals surface area contributed by atoms with E-state index in [2.05, 4.69) is 20.9 Å². The van der Waals surface area contributed by atoms with E-state index in [0.29, 0.717) is 13.0 Å². The molecule has 0 heterocycles. The van der Waals surface area contributed by atoms with E-state index in [1.807, 2.05) is 45.0 Å². The predicted molar refractivity (Wildman–Crippen MR) is 104 cm³/mol. The lowest BCUT2D eigenvalue weighted by Crippen LogP contribution is -2.36. The molecule has 0 fully saturated rings. The second-order valence-electron chi connectivity index (χ2n) is 4.72. The van der Waals surface area contributed by atoms with Gasteiger partial charge in [0, 0.05) is 25.2 Å². The maximum atomic E-state index is 11.5. The van der Waals surface area contributed by atoms with Crippen LogP contribution in [0.3, 0.4) is 0 Å². The number of aliphatic imine (C=N–C) groups is 1. The van der Waals surface area contributed by atoms with Crippen molar-refractivity contribution in [3.63, 3.8) is 0 Å². The molecule has 1 aromatic carbocycles. The van der Waals surface area contributed by atoms with Gasteiger partial charge in [0.25, 0.3) is 0 Å². The van der Waals surface area contributed by atoms with Gasteiger partial charge in [-0.05, 0) is 38.0 Å². The van der Waals surface area contributed by atoms with Crippen LogP contribution in [0.15, 0.2) is 29.3 Å². The zero-order valence-corrected chi connectivity index (χ0v) is 15.9. The molecule has 0 saturated heterocycles. The Morgan fingerprint density at radius 3 is 2.14 bits per heavy atom. The summed E-state index contributed by atoms with van der Waals surface area (Å²) in [5, 5.41) is 9.25. The van der Waals surface area contributed by atoms with Gasteiger partial charge >= 0.3 is 0 Å². The SMILES string of the molecule is CCCC(=O)Nc1ccc(CN=C(NCC)NCC)cc1.I. The summed E-state index contributed by atoms with van der Waals surface area (Å²) in [5.41, 5.74) is 1.94. The van der Waals surface area contributed by atoms with Crippen molar-refractivity contribution < 1.29 is 4.79 Å². The van der Waals surface area contributed by atoms with Gasteiger partial charge in [-0.3, -0.25) is 4.79 Å². The molecule has 0 aromatic heterocycles. The van der Waals surface area contributed by atoms with E-state index in [1.165, 1.54) is 0 Å². The first-order valence-corrected chi connectivity index (χ1v) is 7.60. The highest BCUT2D eigenvalue weighted by Crippen LogP contribution is 2.11. The molecule has 0 saturated carbocycles. The summed E-state index contributed by atoms with van der Waals surface area (Å²) in [6.07, 6.45) is 1.41. The van der Waals surface area contributed by atoms with E-state index in [9.17, 15) is 4.79 Å². The summed E-state index contributed by atoms with van der Waals surface area (Å²) in [6.45, 7) is 8.37. The molecule has 0 atom stereocenters. The lowest BCUT2D eigenvalue weighted by Gasteiger charge is -2.09. The maximum Gasteiger partial charge on any atom is 0.224 e. The minimum Gasteiger partial charge on any atom is -0.357 e. The minimum absolute atomic E-state index is 0. The highest BCUT2D eigenvalue weighted by Gasteiger charge is 2.01. The summed E-state index contributed by atoms with van der Waals surface area (Å²) in [5.74, 6) is 0.880. The molecule has 0 aliphatic carbocycles. The molecule has 0 unspecified atom stereocenters. The van der Waals surface area contributed by atoms with Gasteiger partial charge in [-0.15, -0.1) is 24.0 Å². The number of benzene rings is 1. The second kappa shape index (κ2) is 12.3. The molecule has 124 valence electrons. The molecule has 0 aliphatic rings. The predicted octanol–water partition coefficient (Wildman–Crippen LogP) is 3.12. The van der Waals surface area contributed by atoms with Crippen LogP contribution in [-0.2, 0) is 11.3 Å². The lowest BCUT2D eigenvalue weighted by atomic mass is 10.2. The van der Waals surface area contributed by atoms with Crippen LogP contribution < -0.4 is 16.0 Å². The summed E-state index contributed by atoms with van der Waals surface area (Å²) < 4.78 is 0. The van der Waals surface area contributed by atoms with Crippen molar-refractivity contribution in [3.8, 4) is 0 Å². The highest BCUT2D eigenvalue weighted by molar-refractivity contribution is 14.0. The third kappa shape index (κ3) is 8.21. The first-order valence-electron chi connectivity index (χ1n) is 7.60. The van der Waals surface area contributed by atoms with Crippen LogP contribution in [0.2, 0.25) is 0 Å². The van der Waals surface area contributed by atoms with E-state index >= 15 is 0 Å². The highest BCUT2D eigenvalue weighted by atomic mass is 127. The molecule has 0 bridgehead atoms. The van der Waals surface area contributed by atoms with Crippen LogP contribution in [0.5, 0.6) is 0 Å². The third-order valence-corrected chi connectivity index (χ3v) is 2.82. The zero-order chi connectivity index (χ0) is 15.5. The Labute approximate surface area is 150 Å². The lowest BCUT2D eigenvalue weighted by molar-refractivity contribution is -0.116. The summed E-state index contributed by atoms with van der Waals surface area (Å²) in [4.78, 5) is 16.0. The molecule has 0 spiro atoms. The van der Waals surface area contributed by atoms with Crippen molar-refractivity contribution >= 4 is 41.5 Å². The zero-order valence-electron chi connectivity index (χ0n) is 13.6. The number of carbonyl (C=O) groups is 1. The molecule has 3 N–H and O–H groups in total. The Morgan fingerprint density at radius 2 is 1.64 bits per heavy atom. The Balaban J connectivity index is 0.00000441. The van der Waals surface area contributed by atoms with Crippen LogP contribution in [0.1, 0.15) is 39.2 Å². The molecular weight excluding hydrogens is 391 g/mol. The molecule has 1 amide bonds. The Kier molecular flexibility index (Phi) is 11.5. The second-order valence-corrected chi connectivity index (χ2v) is 4.72.